The van der Waals surface area contributed by atoms with Crippen LogP contribution < -0.4 is 5.32 Å². The lowest BCUT2D eigenvalue weighted by molar-refractivity contribution is -0.128. The highest BCUT2D eigenvalue weighted by molar-refractivity contribution is 7.89. The van der Waals surface area contributed by atoms with Crippen LogP contribution in [0.15, 0.2) is 47.4 Å². The van der Waals surface area contributed by atoms with Gasteiger partial charge in [-0.1, -0.05) is 48.2 Å². The Hall–Kier alpha value is -1.67. The van der Waals surface area contributed by atoms with Crippen LogP contribution in [-0.4, -0.2) is 31.7 Å². The number of amides is 1. The second-order valence-electron chi connectivity index (χ2n) is 8.54. The molecule has 0 spiro atoms. The van der Waals surface area contributed by atoms with Gasteiger partial charge in [0.25, 0.3) is 0 Å². The predicted molar refractivity (Wildman–Crippen MR) is 123 cm³/mol. The summed E-state index contributed by atoms with van der Waals surface area (Å²) in [6.07, 6.45) is 4.45. The Morgan fingerprint density at radius 1 is 1.03 bits per heavy atom. The van der Waals surface area contributed by atoms with Gasteiger partial charge in [-0.15, -0.1) is 0 Å². The van der Waals surface area contributed by atoms with Gasteiger partial charge in [0.1, 0.15) is 10.7 Å². The van der Waals surface area contributed by atoms with E-state index in [1.165, 1.54) is 28.6 Å². The maximum absolute atomic E-state index is 13.4. The molecule has 1 N–H and O–H groups in total. The van der Waals surface area contributed by atoms with Crippen LogP contribution in [0.2, 0.25) is 10.0 Å². The number of carbonyl (C=O) groups is 1. The first-order valence-corrected chi connectivity index (χ1v) is 12.9. The van der Waals surface area contributed by atoms with Crippen molar-refractivity contribution in [2.45, 2.75) is 49.0 Å². The molecule has 172 valence electrons. The van der Waals surface area contributed by atoms with Crippen LogP contribution in [0.5, 0.6) is 0 Å². The fraction of sp³-hybridized carbons (Fsp3) is 0.435. The molecule has 0 aromatic heterocycles. The number of rotatable bonds is 5. The molecule has 1 aliphatic heterocycles. The van der Waals surface area contributed by atoms with Gasteiger partial charge >= 0.3 is 0 Å². The van der Waals surface area contributed by atoms with Crippen molar-refractivity contribution in [1.82, 2.24) is 9.62 Å². The summed E-state index contributed by atoms with van der Waals surface area (Å²) >= 11 is 12.1. The lowest BCUT2D eigenvalue weighted by atomic mass is 9.86. The van der Waals surface area contributed by atoms with Crippen molar-refractivity contribution in [3.63, 3.8) is 0 Å². The van der Waals surface area contributed by atoms with E-state index in [9.17, 15) is 17.6 Å². The van der Waals surface area contributed by atoms with Gasteiger partial charge in [0.15, 0.2) is 0 Å². The molecule has 4 rings (SSSR count). The Labute approximate surface area is 197 Å². The maximum atomic E-state index is 13.4. The van der Waals surface area contributed by atoms with Gasteiger partial charge < -0.3 is 5.32 Å². The van der Waals surface area contributed by atoms with Crippen LogP contribution in [0.1, 0.15) is 44.1 Å². The molecule has 9 heteroatoms. The Morgan fingerprint density at radius 3 is 2.28 bits per heavy atom. The monoisotopic (exact) mass is 498 g/mol. The molecule has 1 heterocycles. The minimum atomic E-state index is -3.80. The molecule has 0 unspecified atom stereocenters. The third kappa shape index (κ3) is 4.67. The van der Waals surface area contributed by atoms with Gasteiger partial charge in [-0.25, -0.2) is 12.8 Å². The van der Waals surface area contributed by atoms with Crippen molar-refractivity contribution < 1.29 is 17.6 Å². The number of hydrogen-bond donors (Lipinski definition) is 1. The summed E-state index contributed by atoms with van der Waals surface area (Å²) < 4.78 is 40.8. The van der Waals surface area contributed by atoms with Gasteiger partial charge in [-0.3, -0.25) is 4.79 Å². The Kier molecular flexibility index (Phi) is 6.82. The molecular weight excluding hydrogens is 474 g/mol. The summed E-state index contributed by atoms with van der Waals surface area (Å²) in [7, 11) is -3.80. The fourth-order valence-corrected chi connectivity index (χ4v) is 6.95. The van der Waals surface area contributed by atoms with Crippen molar-refractivity contribution in [1.29, 1.82) is 0 Å². The van der Waals surface area contributed by atoms with Crippen LogP contribution in [0.4, 0.5) is 4.39 Å². The average Bonchev–Trinajstić information content (AvgIpc) is 3.25. The average molecular weight is 499 g/mol. The third-order valence-corrected chi connectivity index (χ3v) is 9.17. The van der Waals surface area contributed by atoms with E-state index in [1.54, 1.807) is 18.2 Å². The number of halogens is 3. The van der Waals surface area contributed by atoms with Gasteiger partial charge in [0.05, 0.1) is 10.6 Å². The molecule has 32 heavy (non-hydrogen) atoms. The largest absolute Gasteiger partial charge is 0.346 e. The highest BCUT2D eigenvalue weighted by Gasteiger charge is 2.40. The number of piperidine rings is 1. The number of benzene rings is 2. The number of carbonyl (C=O) groups excluding carboxylic acids is 1. The lowest BCUT2D eigenvalue weighted by Gasteiger charge is -2.35. The van der Waals surface area contributed by atoms with Crippen molar-refractivity contribution in [2.75, 3.05) is 13.1 Å². The van der Waals surface area contributed by atoms with Gasteiger partial charge in [-0.2, -0.15) is 4.31 Å². The second-order valence-corrected chi connectivity index (χ2v) is 11.3. The molecule has 1 saturated carbocycles. The molecule has 0 atom stereocenters. The van der Waals surface area contributed by atoms with E-state index in [-0.39, 0.29) is 40.6 Å². The summed E-state index contributed by atoms with van der Waals surface area (Å²) in [5, 5.41) is 3.65. The Bertz CT molecular complexity index is 1090. The standard InChI is InChI=1S/C23H25Cl2FN2O3S/c24-18-5-8-20(25)21(15-18)32(30,31)28-13-9-16(10-14-28)22(29)27-23(11-1-2-12-23)17-3-6-19(26)7-4-17/h3-8,15-16H,1-2,9-14H2,(H,27,29). The normalized spacial score (nSPS) is 19.7. The van der Waals surface area contributed by atoms with E-state index in [2.05, 4.69) is 5.32 Å². The van der Waals surface area contributed by atoms with Gasteiger partial charge in [-0.05, 0) is 61.6 Å². The summed E-state index contributed by atoms with van der Waals surface area (Å²) in [5.41, 5.74) is 0.433. The van der Waals surface area contributed by atoms with Crippen molar-refractivity contribution in [3.05, 3.63) is 63.9 Å². The molecule has 2 aromatic rings. The fourth-order valence-electron chi connectivity index (χ4n) is 4.74. The zero-order valence-corrected chi connectivity index (χ0v) is 19.8. The summed E-state index contributed by atoms with van der Waals surface area (Å²) in [5.74, 6) is -0.662. The smallest absolute Gasteiger partial charge is 0.244 e. The van der Waals surface area contributed by atoms with Crippen molar-refractivity contribution >= 4 is 39.1 Å². The predicted octanol–water partition coefficient (Wildman–Crippen LogP) is 5.12. The zero-order valence-electron chi connectivity index (χ0n) is 17.5. The molecule has 2 aliphatic rings. The summed E-state index contributed by atoms with van der Waals surface area (Å²) in [6.45, 7) is 0.458. The maximum Gasteiger partial charge on any atom is 0.244 e. The van der Waals surface area contributed by atoms with Crippen molar-refractivity contribution in [3.8, 4) is 0 Å². The van der Waals surface area contributed by atoms with Crippen molar-refractivity contribution in [2.24, 2.45) is 5.92 Å². The number of nitrogens with one attached hydrogen (secondary N) is 1. The molecule has 2 fully saturated rings. The van der Waals surface area contributed by atoms with Crippen LogP contribution in [-0.2, 0) is 20.4 Å². The van der Waals surface area contributed by atoms with E-state index < -0.39 is 15.6 Å². The summed E-state index contributed by atoms with van der Waals surface area (Å²) in [6, 6.07) is 10.7. The van der Waals surface area contributed by atoms with E-state index >= 15 is 0 Å². The van der Waals surface area contributed by atoms with E-state index in [4.69, 9.17) is 23.2 Å². The highest BCUT2D eigenvalue weighted by atomic mass is 35.5. The third-order valence-electron chi connectivity index (χ3n) is 6.55. The SMILES string of the molecule is O=C(NC1(c2ccc(F)cc2)CCCC1)C1CCN(S(=O)(=O)c2cc(Cl)ccc2Cl)CC1. The number of hydrogen-bond acceptors (Lipinski definition) is 3. The van der Waals surface area contributed by atoms with Crippen LogP contribution in [0.25, 0.3) is 0 Å². The lowest BCUT2D eigenvalue weighted by Crippen LogP contribution is -2.49. The second kappa shape index (κ2) is 9.29. The molecule has 2 aromatic carbocycles. The van der Waals surface area contributed by atoms with Gasteiger partial charge in [0, 0.05) is 24.0 Å². The number of nitrogens with zero attached hydrogens (tertiary/aromatic N) is 1. The molecular formula is C23H25Cl2FN2O3S. The Morgan fingerprint density at radius 2 is 1.66 bits per heavy atom. The van der Waals surface area contributed by atoms with E-state index in [1.807, 2.05) is 0 Å². The Balaban J connectivity index is 1.44. The minimum Gasteiger partial charge on any atom is -0.346 e. The van der Waals surface area contributed by atoms with Crippen LogP contribution in [0.3, 0.4) is 0 Å². The molecule has 1 amide bonds. The van der Waals surface area contributed by atoms with Crippen LogP contribution in [0, 0.1) is 11.7 Å². The number of sulfonamides is 1. The molecule has 5 nitrogen and oxygen atoms in total. The van der Waals surface area contributed by atoms with E-state index in [0.29, 0.717) is 17.9 Å². The first-order valence-electron chi connectivity index (χ1n) is 10.7. The van der Waals surface area contributed by atoms with E-state index in [0.717, 1.165) is 31.2 Å². The molecule has 1 aliphatic carbocycles. The topological polar surface area (TPSA) is 66.5 Å². The first-order chi connectivity index (χ1) is 15.2. The summed E-state index contributed by atoms with van der Waals surface area (Å²) in [4.78, 5) is 13.1. The molecule has 1 saturated heterocycles. The zero-order chi connectivity index (χ0) is 22.9. The highest BCUT2D eigenvalue weighted by Crippen LogP contribution is 2.39. The molecule has 0 radical (unpaired) electrons. The molecule has 0 bridgehead atoms. The minimum absolute atomic E-state index is 0.0178. The first kappa shape index (κ1) is 23.5. The van der Waals surface area contributed by atoms with Crippen LogP contribution >= 0.6 is 23.2 Å². The quantitative estimate of drug-likeness (QED) is 0.621. The van der Waals surface area contributed by atoms with Gasteiger partial charge in [0.2, 0.25) is 15.9 Å².